The Morgan fingerprint density at radius 3 is 3.17 bits per heavy atom. The molecule has 0 spiro atoms. The molecule has 3 rings (SSSR count). The van der Waals surface area contributed by atoms with Crippen LogP contribution in [0.15, 0.2) is 24.8 Å². The van der Waals surface area contributed by atoms with Crippen molar-refractivity contribution in [1.29, 1.82) is 0 Å². The van der Waals surface area contributed by atoms with Crippen LogP contribution < -0.4 is 5.32 Å². The summed E-state index contributed by atoms with van der Waals surface area (Å²) in [6, 6.07) is 1.43. The van der Waals surface area contributed by atoms with Crippen molar-refractivity contribution in [2.75, 3.05) is 25.0 Å². The van der Waals surface area contributed by atoms with Crippen molar-refractivity contribution in [3.8, 4) is 0 Å². The van der Waals surface area contributed by atoms with Gasteiger partial charge in [0.15, 0.2) is 5.82 Å². The smallest absolute Gasteiger partial charge is 0.322 e. The molecule has 1 fully saturated rings. The van der Waals surface area contributed by atoms with Crippen LogP contribution in [0.3, 0.4) is 0 Å². The number of carbonyl (C=O) groups excluding carboxylic acids is 1. The monoisotopic (exact) mass is 336 g/mol. The molecule has 1 N–H and O–H groups in total. The van der Waals surface area contributed by atoms with Gasteiger partial charge in [-0.1, -0.05) is 11.6 Å². The molecular formula is C14H17ClN6O2. The van der Waals surface area contributed by atoms with Crippen molar-refractivity contribution in [2.24, 2.45) is 0 Å². The number of hydrogen-bond acceptors (Lipinski definition) is 5. The zero-order valence-electron chi connectivity index (χ0n) is 12.6. The number of nitrogens with zero attached hydrogens (tertiary/aromatic N) is 5. The minimum atomic E-state index is -0.283. The maximum absolute atomic E-state index is 12.4. The molecule has 2 aromatic heterocycles. The van der Waals surface area contributed by atoms with E-state index >= 15 is 0 Å². The third-order valence-electron chi connectivity index (χ3n) is 3.58. The number of urea groups is 1. The number of morpholine rings is 1. The van der Waals surface area contributed by atoms with Crippen LogP contribution in [-0.2, 0) is 11.3 Å². The summed E-state index contributed by atoms with van der Waals surface area (Å²) in [5.41, 5.74) is 0.558. The maximum Gasteiger partial charge on any atom is 0.322 e. The van der Waals surface area contributed by atoms with Gasteiger partial charge in [0.05, 0.1) is 30.1 Å². The van der Waals surface area contributed by atoms with Crippen molar-refractivity contribution in [1.82, 2.24) is 24.6 Å². The number of aromatic nitrogens is 4. The standard InChI is InChI=1S/C14H17ClN6O2/c1-2-20-9-17-19-13(20)12-8-21(3-4-23-12)14(22)18-11-5-10(15)6-16-7-11/h5-7,9,12H,2-4,8H2,1H3,(H,18,22). The molecule has 1 atom stereocenters. The van der Waals surface area contributed by atoms with Gasteiger partial charge in [-0.15, -0.1) is 10.2 Å². The lowest BCUT2D eigenvalue weighted by molar-refractivity contribution is -0.0199. The SMILES string of the molecule is CCn1cnnc1C1CN(C(=O)Nc2cncc(Cl)c2)CCO1. The first-order valence-electron chi connectivity index (χ1n) is 7.33. The summed E-state index contributed by atoms with van der Waals surface area (Å²) in [7, 11) is 0. The average Bonchev–Trinajstić information content (AvgIpc) is 3.03. The largest absolute Gasteiger partial charge is 0.366 e. The Morgan fingerprint density at radius 2 is 2.39 bits per heavy atom. The minimum absolute atomic E-state index is 0.218. The van der Waals surface area contributed by atoms with Crippen LogP contribution in [0.5, 0.6) is 0 Å². The van der Waals surface area contributed by atoms with Crippen molar-refractivity contribution < 1.29 is 9.53 Å². The molecule has 122 valence electrons. The van der Waals surface area contributed by atoms with Crippen LogP contribution in [0, 0.1) is 0 Å². The zero-order chi connectivity index (χ0) is 16.2. The first-order chi connectivity index (χ1) is 11.2. The molecule has 1 aliphatic heterocycles. The molecule has 23 heavy (non-hydrogen) atoms. The molecule has 1 unspecified atom stereocenters. The first kappa shape index (κ1) is 15.7. The number of hydrogen-bond donors (Lipinski definition) is 1. The van der Waals surface area contributed by atoms with Gasteiger partial charge in [-0.3, -0.25) is 4.98 Å². The second-order valence-electron chi connectivity index (χ2n) is 5.10. The maximum atomic E-state index is 12.4. The number of halogens is 1. The lowest BCUT2D eigenvalue weighted by atomic mass is 10.2. The average molecular weight is 337 g/mol. The van der Waals surface area contributed by atoms with E-state index in [-0.39, 0.29) is 12.1 Å². The third kappa shape index (κ3) is 3.59. The van der Waals surface area contributed by atoms with E-state index in [2.05, 4.69) is 20.5 Å². The van der Waals surface area contributed by atoms with Gasteiger partial charge in [-0.05, 0) is 13.0 Å². The van der Waals surface area contributed by atoms with Crippen LogP contribution in [0.2, 0.25) is 5.02 Å². The van der Waals surface area contributed by atoms with E-state index in [4.69, 9.17) is 16.3 Å². The predicted octanol–water partition coefficient (Wildman–Crippen LogP) is 1.95. The topological polar surface area (TPSA) is 85.2 Å². The third-order valence-corrected chi connectivity index (χ3v) is 3.79. The predicted molar refractivity (Wildman–Crippen MR) is 84.2 cm³/mol. The number of aryl methyl sites for hydroxylation is 1. The Balaban J connectivity index is 1.67. The molecule has 2 amide bonds. The molecule has 2 aromatic rings. The molecule has 0 bridgehead atoms. The van der Waals surface area contributed by atoms with Crippen LogP contribution in [0.1, 0.15) is 18.9 Å². The van der Waals surface area contributed by atoms with Crippen LogP contribution in [-0.4, -0.2) is 50.4 Å². The van der Waals surface area contributed by atoms with E-state index in [9.17, 15) is 4.79 Å². The van der Waals surface area contributed by atoms with Crippen LogP contribution >= 0.6 is 11.6 Å². The van der Waals surface area contributed by atoms with Crippen molar-refractivity contribution in [3.63, 3.8) is 0 Å². The van der Waals surface area contributed by atoms with Crippen LogP contribution in [0.4, 0.5) is 10.5 Å². The summed E-state index contributed by atoms with van der Waals surface area (Å²) < 4.78 is 7.65. The highest BCUT2D eigenvalue weighted by Gasteiger charge is 2.28. The van der Waals surface area contributed by atoms with E-state index in [1.807, 2.05) is 11.5 Å². The molecule has 0 aliphatic carbocycles. The lowest BCUT2D eigenvalue weighted by Gasteiger charge is -2.32. The Bertz CT molecular complexity index is 691. The number of amides is 2. The number of ether oxygens (including phenoxy) is 1. The van der Waals surface area contributed by atoms with E-state index < -0.39 is 0 Å². The van der Waals surface area contributed by atoms with Crippen molar-refractivity contribution in [2.45, 2.75) is 19.6 Å². The van der Waals surface area contributed by atoms with Gasteiger partial charge < -0.3 is 19.5 Å². The minimum Gasteiger partial charge on any atom is -0.366 e. The molecule has 3 heterocycles. The van der Waals surface area contributed by atoms with Gasteiger partial charge in [-0.25, -0.2) is 4.79 Å². The second kappa shape index (κ2) is 6.93. The van der Waals surface area contributed by atoms with Crippen molar-refractivity contribution >= 4 is 23.3 Å². The highest BCUT2D eigenvalue weighted by molar-refractivity contribution is 6.30. The van der Waals surface area contributed by atoms with Gasteiger partial charge in [0, 0.05) is 19.3 Å². The molecule has 9 heteroatoms. The second-order valence-corrected chi connectivity index (χ2v) is 5.54. The van der Waals surface area contributed by atoms with E-state index in [0.29, 0.717) is 30.4 Å². The highest BCUT2D eigenvalue weighted by Crippen LogP contribution is 2.21. The molecule has 0 radical (unpaired) electrons. The lowest BCUT2D eigenvalue weighted by Crippen LogP contribution is -2.44. The summed E-state index contributed by atoms with van der Waals surface area (Å²) in [6.07, 6.45) is 4.44. The number of carbonyl (C=O) groups is 1. The summed E-state index contributed by atoms with van der Waals surface area (Å²) >= 11 is 5.87. The number of pyridine rings is 1. The molecule has 1 saturated heterocycles. The van der Waals surface area contributed by atoms with Crippen molar-refractivity contribution in [3.05, 3.63) is 35.6 Å². The van der Waals surface area contributed by atoms with Gasteiger partial charge in [0.25, 0.3) is 0 Å². The van der Waals surface area contributed by atoms with E-state index in [0.717, 1.165) is 12.4 Å². The quantitative estimate of drug-likeness (QED) is 0.926. The Kier molecular flexibility index (Phi) is 4.73. The summed E-state index contributed by atoms with van der Waals surface area (Å²) in [6.45, 7) is 4.13. The molecule has 8 nitrogen and oxygen atoms in total. The summed E-state index contributed by atoms with van der Waals surface area (Å²) in [4.78, 5) is 18.0. The van der Waals surface area contributed by atoms with Gasteiger partial charge >= 0.3 is 6.03 Å². The number of nitrogens with one attached hydrogen (secondary N) is 1. The van der Waals surface area contributed by atoms with Gasteiger partial charge in [-0.2, -0.15) is 0 Å². The first-order valence-corrected chi connectivity index (χ1v) is 7.71. The fraction of sp³-hybridized carbons (Fsp3) is 0.429. The van der Waals surface area contributed by atoms with Crippen LogP contribution in [0.25, 0.3) is 0 Å². The Morgan fingerprint density at radius 1 is 1.52 bits per heavy atom. The highest BCUT2D eigenvalue weighted by atomic mass is 35.5. The van der Waals surface area contributed by atoms with Gasteiger partial charge in [0.1, 0.15) is 12.4 Å². The molecule has 1 aliphatic rings. The molecular weight excluding hydrogens is 320 g/mol. The van der Waals surface area contributed by atoms with E-state index in [1.54, 1.807) is 23.5 Å². The Hall–Kier alpha value is -2.19. The zero-order valence-corrected chi connectivity index (χ0v) is 13.4. The fourth-order valence-corrected chi connectivity index (χ4v) is 2.60. The summed E-state index contributed by atoms with van der Waals surface area (Å²) in [5, 5.41) is 11.3. The van der Waals surface area contributed by atoms with Gasteiger partial charge in [0.2, 0.25) is 0 Å². The molecule has 0 aromatic carbocycles. The fourth-order valence-electron chi connectivity index (χ4n) is 2.43. The van der Waals surface area contributed by atoms with E-state index in [1.165, 1.54) is 6.20 Å². The number of rotatable bonds is 3. The molecule has 0 saturated carbocycles. The normalized spacial score (nSPS) is 18.0. The number of anilines is 1. The Labute approximate surface area is 138 Å². The summed E-state index contributed by atoms with van der Waals surface area (Å²) in [5.74, 6) is 0.731.